The molecule has 1 aliphatic carbocycles. The normalized spacial score (nSPS) is 27.5. The Kier molecular flexibility index (Phi) is 4.29. The zero-order valence-electron chi connectivity index (χ0n) is 11.2. The first kappa shape index (κ1) is 14.1. The Balaban J connectivity index is 2.24. The zero-order chi connectivity index (χ0) is 13.9. The lowest BCUT2D eigenvalue weighted by atomic mass is 9.82. The van der Waals surface area contributed by atoms with E-state index < -0.39 is 5.41 Å². The van der Waals surface area contributed by atoms with E-state index in [4.69, 9.17) is 10.9 Å². The van der Waals surface area contributed by atoms with Gasteiger partial charge in [-0.05, 0) is 32.1 Å². The third-order valence-corrected chi connectivity index (χ3v) is 4.56. The topological polar surface area (TPSA) is 99.2 Å². The van der Waals surface area contributed by atoms with Gasteiger partial charge in [-0.1, -0.05) is 18.0 Å². The van der Waals surface area contributed by atoms with Gasteiger partial charge in [0.1, 0.15) is 5.41 Å². The van der Waals surface area contributed by atoms with Crippen LogP contribution in [0.3, 0.4) is 0 Å². The second kappa shape index (κ2) is 5.77. The van der Waals surface area contributed by atoms with Gasteiger partial charge in [0.05, 0.1) is 12.6 Å². The molecular formula is C13H23N3O3. The van der Waals surface area contributed by atoms with E-state index in [0.29, 0.717) is 19.4 Å². The fourth-order valence-electron chi connectivity index (χ4n) is 3.39. The summed E-state index contributed by atoms with van der Waals surface area (Å²) in [6.07, 6.45) is 5.92. The maximum absolute atomic E-state index is 12.8. The smallest absolute Gasteiger partial charge is 0.236 e. The highest BCUT2D eigenvalue weighted by Gasteiger charge is 2.48. The minimum atomic E-state index is -0.848. The van der Waals surface area contributed by atoms with Crippen LogP contribution < -0.4 is 5.73 Å². The summed E-state index contributed by atoms with van der Waals surface area (Å²) >= 11 is 0. The van der Waals surface area contributed by atoms with Crippen LogP contribution in [0.25, 0.3) is 0 Å². The van der Waals surface area contributed by atoms with E-state index in [1.807, 2.05) is 0 Å². The van der Waals surface area contributed by atoms with Crippen LogP contribution in [-0.2, 0) is 4.79 Å². The Morgan fingerprint density at radius 1 is 1.32 bits per heavy atom. The molecule has 0 aromatic carbocycles. The second-order valence-corrected chi connectivity index (χ2v) is 5.61. The molecule has 2 fully saturated rings. The number of hydrogen-bond acceptors (Lipinski definition) is 4. The van der Waals surface area contributed by atoms with Gasteiger partial charge >= 0.3 is 0 Å². The van der Waals surface area contributed by atoms with Crippen molar-refractivity contribution in [2.75, 3.05) is 13.2 Å². The third kappa shape index (κ3) is 2.41. The van der Waals surface area contributed by atoms with Crippen molar-refractivity contribution in [3.8, 4) is 0 Å². The molecule has 0 aromatic heterocycles. The quantitative estimate of drug-likeness (QED) is 0.303. The Bertz CT molecular complexity index is 364. The highest BCUT2D eigenvalue weighted by Crippen LogP contribution is 2.41. The second-order valence-electron chi connectivity index (χ2n) is 5.61. The van der Waals surface area contributed by atoms with Crippen LogP contribution in [0, 0.1) is 5.41 Å². The molecule has 1 amide bonds. The van der Waals surface area contributed by atoms with Crippen molar-refractivity contribution >= 4 is 11.7 Å². The van der Waals surface area contributed by atoms with Crippen molar-refractivity contribution in [1.82, 2.24) is 4.90 Å². The van der Waals surface area contributed by atoms with Crippen LogP contribution in [0.5, 0.6) is 0 Å². The number of likely N-dealkylation sites (tertiary alicyclic amines) is 1. The molecule has 2 aliphatic rings. The van der Waals surface area contributed by atoms with Crippen molar-refractivity contribution < 1.29 is 15.1 Å². The number of hydrogen-bond donors (Lipinski definition) is 3. The summed E-state index contributed by atoms with van der Waals surface area (Å²) in [6, 6.07) is -0.120. The molecular weight excluding hydrogens is 246 g/mol. The summed E-state index contributed by atoms with van der Waals surface area (Å²) in [7, 11) is 0. The van der Waals surface area contributed by atoms with Crippen molar-refractivity contribution in [3.63, 3.8) is 0 Å². The Morgan fingerprint density at radius 3 is 2.58 bits per heavy atom. The SMILES string of the molecule is NC(=NO)C1(C(=O)N2CCCCC2CO)CCCC1. The molecule has 1 unspecified atom stereocenters. The first-order chi connectivity index (χ1) is 9.15. The average molecular weight is 269 g/mol. The molecule has 6 nitrogen and oxygen atoms in total. The van der Waals surface area contributed by atoms with Gasteiger partial charge in [0.15, 0.2) is 5.84 Å². The number of aliphatic hydroxyl groups is 1. The molecule has 19 heavy (non-hydrogen) atoms. The standard InChI is InChI=1S/C13H23N3O3/c14-11(15-19)13(6-2-3-7-13)12(18)16-8-4-1-5-10(16)9-17/h10,17,19H,1-9H2,(H2,14,15). The number of amides is 1. The predicted octanol–water partition coefficient (Wildman–Crippen LogP) is 0.667. The lowest BCUT2D eigenvalue weighted by Gasteiger charge is -2.40. The molecule has 1 heterocycles. The number of carbonyl (C=O) groups is 1. The van der Waals surface area contributed by atoms with Gasteiger partial charge in [0, 0.05) is 6.54 Å². The fourth-order valence-corrected chi connectivity index (χ4v) is 3.39. The summed E-state index contributed by atoms with van der Waals surface area (Å²) in [4.78, 5) is 14.6. The minimum absolute atomic E-state index is 0.0159. The van der Waals surface area contributed by atoms with Gasteiger partial charge in [-0.2, -0.15) is 0 Å². The highest BCUT2D eigenvalue weighted by molar-refractivity contribution is 6.07. The molecule has 1 atom stereocenters. The molecule has 0 spiro atoms. The monoisotopic (exact) mass is 269 g/mol. The van der Waals surface area contributed by atoms with Crippen molar-refractivity contribution in [2.24, 2.45) is 16.3 Å². The first-order valence-corrected chi connectivity index (χ1v) is 7.05. The fraction of sp³-hybridized carbons (Fsp3) is 0.846. The molecule has 0 bridgehead atoms. The number of nitrogens with two attached hydrogens (primary N) is 1. The molecule has 1 saturated heterocycles. The average Bonchev–Trinajstić information content (AvgIpc) is 2.96. The van der Waals surface area contributed by atoms with Crippen LogP contribution in [0.2, 0.25) is 0 Å². The van der Waals surface area contributed by atoms with Gasteiger partial charge in [0.2, 0.25) is 5.91 Å². The van der Waals surface area contributed by atoms with E-state index >= 15 is 0 Å². The summed E-state index contributed by atoms with van der Waals surface area (Å²) in [5.74, 6) is -0.0451. The van der Waals surface area contributed by atoms with E-state index in [2.05, 4.69) is 5.16 Å². The number of nitrogens with zero attached hydrogens (tertiary/aromatic N) is 2. The van der Waals surface area contributed by atoms with E-state index in [1.165, 1.54) is 0 Å². The first-order valence-electron chi connectivity index (χ1n) is 7.05. The van der Waals surface area contributed by atoms with Crippen LogP contribution in [0.15, 0.2) is 5.16 Å². The van der Waals surface area contributed by atoms with Crippen molar-refractivity contribution in [2.45, 2.75) is 51.0 Å². The third-order valence-electron chi connectivity index (χ3n) is 4.56. The zero-order valence-corrected chi connectivity index (χ0v) is 11.2. The maximum atomic E-state index is 12.8. The van der Waals surface area contributed by atoms with Crippen LogP contribution in [0.1, 0.15) is 44.9 Å². The van der Waals surface area contributed by atoms with E-state index in [9.17, 15) is 9.90 Å². The number of oxime groups is 1. The lowest BCUT2D eigenvalue weighted by Crippen LogP contribution is -2.55. The Labute approximate surface area is 113 Å². The largest absolute Gasteiger partial charge is 0.409 e. The summed E-state index contributed by atoms with van der Waals surface area (Å²) in [5, 5.41) is 21.5. The lowest BCUT2D eigenvalue weighted by molar-refractivity contribution is -0.143. The summed E-state index contributed by atoms with van der Waals surface area (Å²) in [6.45, 7) is 0.641. The highest BCUT2D eigenvalue weighted by atomic mass is 16.4. The molecule has 1 saturated carbocycles. The molecule has 2 rings (SSSR count). The molecule has 6 heteroatoms. The van der Waals surface area contributed by atoms with Crippen molar-refractivity contribution in [1.29, 1.82) is 0 Å². The summed E-state index contributed by atoms with van der Waals surface area (Å²) in [5.41, 5.74) is 4.95. The summed E-state index contributed by atoms with van der Waals surface area (Å²) < 4.78 is 0. The minimum Gasteiger partial charge on any atom is -0.409 e. The maximum Gasteiger partial charge on any atom is 0.236 e. The van der Waals surface area contributed by atoms with Crippen molar-refractivity contribution in [3.05, 3.63) is 0 Å². The number of piperidine rings is 1. The Hall–Kier alpha value is -1.30. The van der Waals surface area contributed by atoms with Crippen LogP contribution >= 0.6 is 0 Å². The predicted molar refractivity (Wildman–Crippen MR) is 70.7 cm³/mol. The van der Waals surface area contributed by atoms with E-state index in [0.717, 1.165) is 32.1 Å². The van der Waals surface area contributed by atoms with Crippen LogP contribution in [0.4, 0.5) is 0 Å². The van der Waals surface area contributed by atoms with Crippen LogP contribution in [-0.4, -0.2) is 46.1 Å². The van der Waals surface area contributed by atoms with E-state index in [-0.39, 0.29) is 24.4 Å². The molecule has 0 radical (unpaired) electrons. The van der Waals surface area contributed by atoms with Gasteiger partial charge in [-0.15, -0.1) is 0 Å². The van der Waals surface area contributed by atoms with Gasteiger partial charge in [-0.3, -0.25) is 4.79 Å². The molecule has 0 aromatic rings. The van der Waals surface area contributed by atoms with E-state index in [1.54, 1.807) is 4.90 Å². The number of aliphatic hydroxyl groups excluding tert-OH is 1. The van der Waals surface area contributed by atoms with Gasteiger partial charge < -0.3 is 20.9 Å². The molecule has 1 aliphatic heterocycles. The van der Waals surface area contributed by atoms with Gasteiger partial charge in [-0.25, -0.2) is 0 Å². The molecule has 108 valence electrons. The Morgan fingerprint density at radius 2 is 2.00 bits per heavy atom. The number of amidine groups is 1. The number of carbonyl (C=O) groups excluding carboxylic acids is 1. The molecule has 4 N–H and O–H groups in total. The van der Waals surface area contributed by atoms with Gasteiger partial charge in [0.25, 0.3) is 0 Å². The number of rotatable bonds is 3.